The largest absolute Gasteiger partial charge is 0.489 e. The Balaban J connectivity index is 1.84. The minimum absolute atomic E-state index is 0.113. The van der Waals surface area contributed by atoms with Crippen LogP contribution in [0.4, 0.5) is 11.4 Å². The molecule has 2 aromatic rings. The molecule has 0 fully saturated rings. The van der Waals surface area contributed by atoms with E-state index >= 15 is 0 Å². The minimum Gasteiger partial charge on any atom is -0.489 e. The quantitative estimate of drug-likeness (QED) is 0.593. The first kappa shape index (κ1) is 20.0. The number of rotatable bonds is 9. The fourth-order valence-electron chi connectivity index (χ4n) is 2.26. The second-order valence-corrected chi connectivity index (χ2v) is 6.11. The topological polar surface area (TPSA) is 79.5 Å². The summed E-state index contributed by atoms with van der Waals surface area (Å²) in [7, 11) is 0. The van der Waals surface area contributed by atoms with Crippen molar-refractivity contribution in [2.75, 3.05) is 30.3 Å². The molecule has 0 bridgehead atoms. The molecule has 0 heterocycles. The molecule has 3 N–H and O–H groups in total. The number of hydrogen-bond donors (Lipinski definition) is 3. The van der Waals surface area contributed by atoms with E-state index in [2.05, 4.69) is 22.5 Å². The molecular formula is C21H25N3O3. The maximum Gasteiger partial charge on any atom is 0.251 e. The molecule has 0 saturated carbocycles. The molecule has 2 rings (SSSR count). The number of hydrogen-bond acceptors (Lipinski definition) is 4. The summed E-state index contributed by atoms with van der Waals surface area (Å²) in [4.78, 5) is 23.8. The zero-order valence-corrected chi connectivity index (χ0v) is 15.7. The third-order valence-corrected chi connectivity index (χ3v) is 3.54. The maximum absolute atomic E-state index is 12.1. The molecule has 142 valence electrons. The van der Waals surface area contributed by atoms with Crippen molar-refractivity contribution in [2.24, 2.45) is 0 Å². The lowest BCUT2D eigenvalue weighted by Gasteiger charge is -2.10. The summed E-state index contributed by atoms with van der Waals surface area (Å²) in [6.07, 6.45) is 0. The van der Waals surface area contributed by atoms with Gasteiger partial charge in [-0.05, 0) is 55.8 Å². The molecule has 2 aromatic carbocycles. The zero-order valence-electron chi connectivity index (χ0n) is 15.7. The fraction of sp³-hybridized carbons (Fsp3) is 0.238. The Kier molecular flexibility index (Phi) is 7.43. The van der Waals surface area contributed by atoms with Crippen molar-refractivity contribution in [3.8, 4) is 5.75 Å². The predicted octanol–water partition coefficient (Wildman–Crippen LogP) is 3.44. The molecule has 0 atom stereocenters. The van der Waals surface area contributed by atoms with Gasteiger partial charge in [0.25, 0.3) is 5.91 Å². The molecule has 0 saturated heterocycles. The highest BCUT2D eigenvalue weighted by Crippen LogP contribution is 2.17. The van der Waals surface area contributed by atoms with E-state index in [1.54, 1.807) is 24.3 Å². The van der Waals surface area contributed by atoms with Crippen LogP contribution in [0.3, 0.4) is 0 Å². The maximum atomic E-state index is 12.1. The molecule has 0 spiro atoms. The molecule has 0 aliphatic heterocycles. The van der Waals surface area contributed by atoms with Crippen molar-refractivity contribution in [1.82, 2.24) is 5.32 Å². The van der Waals surface area contributed by atoms with E-state index in [0.29, 0.717) is 30.2 Å². The second kappa shape index (κ2) is 10.0. The molecule has 2 amide bonds. The van der Waals surface area contributed by atoms with Crippen molar-refractivity contribution in [3.05, 3.63) is 66.2 Å². The van der Waals surface area contributed by atoms with Crippen molar-refractivity contribution in [2.45, 2.75) is 13.8 Å². The Morgan fingerprint density at radius 2 is 1.81 bits per heavy atom. The smallest absolute Gasteiger partial charge is 0.251 e. The first-order valence-corrected chi connectivity index (χ1v) is 8.77. The molecule has 0 aliphatic rings. The van der Waals surface area contributed by atoms with Gasteiger partial charge in [-0.25, -0.2) is 0 Å². The molecular weight excluding hydrogens is 342 g/mol. The molecule has 27 heavy (non-hydrogen) atoms. The van der Waals surface area contributed by atoms with Gasteiger partial charge in [-0.1, -0.05) is 12.6 Å². The van der Waals surface area contributed by atoms with Crippen LogP contribution in [0, 0.1) is 0 Å². The standard InChI is InChI=1S/C21H25N3O3/c1-4-22-21(26)16-8-10-17(11-9-16)24-20(25)13-23-18-6-5-7-19(12-18)27-14-15(2)3/h5-12,23H,2,4,13-14H2,1,3H3,(H,22,26)(H,24,25). The predicted molar refractivity (Wildman–Crippen MR) is 108 cm³/mol. The van der Waals surface area contributed by atoms with Gasteiger partial charge in [0.15, 0.2) is 0 Å². The zero-order chi connectivity index (χ0) is 19.6. The Labute approximate surface area is 159 Å². The third-order valence-electron chi connectivity index (χ3n) is 3.54. The third kappa shape index (κ3) is 6.86. The van der Waals surface area contributed by atoms with Gasteiger partial charge < -0.3 is 20.7 Å². The Hall–Kier alpha value is -3.28. The van der Waals surface area contributed by atoms with Crippen LogP contribution >= 0.6 is 0 Å². The fourth-order valence-corrected chi connectivity index (χ4v) is 2.26. The molecule has 0 radical (unpaired) electrons. The number of benzene rings is 2. The number of ether oxygens (including phenoxy) is 1. The normalized spacial score (nSPS) is 10.0. The van der Waals surface area contributed by atoms with E-state index in [-0.39, 0.29) is 18.4 Å². The van der Waals surface area contributed by atoms with Crippen molar-refractivity contribution < 1.29 is 14.3 Å². The number of carbonyl (C=O) groups excluding carboxylic acids is 2. The first-order chi connectivity index (χ1) is 13.0. The summed E-state index contributed by atoms with van der Waals surface area (Å²) in [5.41, 5.74) is 2.91. The highest BCUT2D eigenvalue weighted by Gasteiger charge is 2.06. The van der Waals surface area contributed by atoms with Gasteiger partial charge in [-0.2, -0.15) is 0 Å². The summed E-state index contributed by atoms with van der Waals surface area (Å²) in [5, 5.41) is 8.58. The van der Waals surface area contributed by atoms with Gasteiger partial charge in [-0.3, -0.25) is 9.59 Å². The van der Waals surface area contributed by atoms with Gasteiger partial charge in [0.2, 0.25) is 5.91 Å². The monoisotopic (exact) mass is 367 g/mol. The Morgan fingerprint density at radius 1 is 1.07 bits per heavy atom. The van der Waals surface area contributed by atoms with E-state index < -0.39 is 0 Å². The molecule has 6 nitrogen and oxygen atoms in total. The first-order valence-electron chi connectivity index (χ1n) is 8.77. The van der Waals surface area contributed by atoms with Crippen LogP contribution in [0.1, 0.15) is 24.2 Å². The lowest BCUT2D eigenvalue weighted by molar-refractivity contribution is -0.114. The molecule has 0 aromatic heterocycles. The van der Waals surface area contributed by atoms with Gasteiger partial charge in [-0.15, -0.1) is 0 Å². The van der Waals surface area contributed by atoms with Crippen LogP contribution in [-0.4, -0.2) is 31.5 Å². The molecule has 0 unspecified atom stereocenters. The summed E-state index contributed by atoms with van der Waals surface area (Å²) < 4.78 is 5.59. The molecule has 6 heteroatoms. The number of nitrogens with one attached hydrogen (secondary N) is 3. The van der Waals surface area contributed by atoms with Gasteiger partial charge >= 0.3 is 0 Å². The van der Waals surface area contributed by atoms with Crippen LogP contribution in [0.2, 0.25) is 0 Å². The highest BCUT2D eigenvalue weighted by atomic mass is 16.5. The summed E-state index contributed by atoms with van der Waals surface area (Å²) in [6, 6.07) is 14.2. The summed E-state index contributed by atoms with van der Waals surface area (Å²) in [6.45, 7) is 8.70. The summed E-state index contributed by atoms with van der Waals surface area (Å²) in [5.74, 6) is 0.393. The molecule has 0 aliphatic carbocycles. The summed E-state index contributed by atoms with van der Waals surface area (Å²) >= 11 is 0. The van der Waals surface area contributed by atoms with Gasteiger partial charge in [0, 0.05) is 29.5 Å². The van der Waals surface area contributed by atoms with E-state index in [4.69, 9.17) is 4.74 Å². The van der Waals surface area contributed by atoms with Crippen molar-refractivity contribution >= 4 is 23.2 Å². The van der Waals surface area contributed by atoms with Crippen LogP contribution in [-0.2, 0) is 4.79 Å². The van der Waals surface area contributed by atoms with Crippen molar-refractivity contribution in [1.29, 1.82) is 0 Å². The van der Waals surface area contributed by atoms with Crippen LogP contribution in [0.25, 0.3) is 0 Å². The van der Waals surface area contributed by atoms with Crippen LogP contribution in [0.5, 0.6) is 5.75 Å². The van der Waals surface area contributed by atoms with Gasteiger partial charge in [0.05, 0.1) is 6.54 Å². The van der Waals surface area contributed by atoms with Crippen LogP contribution in [0.15, 0.2) is 60.7 Å². The van der Waals surface area contributed by atoms with E-state index in [9.17, 15) is 9.59 Å². The lowest BCUT2D eigenvalue weighted by atomic mass is 10.2. The van der Waals surface area contributed by atoms with E-state index in [0.717, 1.165) is 11.3 Å². The van der Waals surface area contributed by atoms with Crippen molar-refractivity contribution in [3.63, 3.8) is 0 Å². The SMILES string of the molecule is C=C(C)COc1cccc(NCC(=O)Nc2ccc(C(=O)NCC)cc2)c1. The minimum atomic E-state index is -0.186. The van der Waals surface area contributed by atoms with Gasteiger partial charge in [0.1, 0.15) is 12.4 Å². The average Bonchev–Trinajstić information content (AvgIpc) is 2.66. The lowest BCUT2D eigenvalue weighted by Crippen LogP contribution is -2.23. The van der Waals surface area contributed by atoms with Crippen LogP contribution < -0.4 is 20.7 Å². The number of carbonyl (C=O) groups is 2. The average molecular weight is 367 g/mol. The van der Waals surface area contributed by atoms with E-state index in [1.165, 1.54) is 0 Å². The van der Waals surface area contributed by atoms with E-state index in [1.807, 2.05) is 38.1 Å². The number of anilines is 2. The number of amides is 2. The Morgan fingerprint density at radius 3 is 2.48 bits per heavy atom. The highest BCUT2D eigenvalue weighted by molar-refractivity contribution is 5.96. The Bertz CT molecular complexity index is 801. The second-order valence-electron chi connectivity index (χ2n) is 6.11.